The Bertz CT molecular complexity index is 844. The molecule has 3 rings (SSSR count). The highest BCUT2D eigenvalue weighted by molar-refractivity contribution is 5.89. The van der Waals surface area contributed by atoms with Crippen molar-refractivity contribution in [3.8, 4) is 0 Å². The third-order valence-electron chi connectivity index (χ3n) is 5.65. The lowest BCUT2D eigenvalue weighted by Crippen LogP contribution is -2.45. The SMILES string of the molecule is C[C@@H]1[C@H](C)CCC[C@H]1NC(=O)COC(=O)/C=C/c1cnn(Cc2ccccc2)c1. The molecule has 1 heterocycles. The van der Waals surface area contributed by atoms with Crippen molar-refractivity contribution >= 4 is 18.0 Å². The van der Waals surface area contributed by atoms with E-state index in [1.807, 2.05) is 36.5 Å². The molecule has 0 unspecified atom stereocenters. The van der Waals surface area contributed by atoms with Crippen molar-refractivity contribution in [1.29, 1.82) is 0 Å². The molecule has 1 aliphatic rings. The van der Waals surface area contributed by atoms with E-state index in [0.29, 0.717) is 18.4 Å². The Hall–Kier alpha value is -2.89. The van der Waals surface area contributed by atoms with Crippen molar-refractivity contribution in [2.75, 3.05) is 6.61 Å². The van der Waals surface area contributed by atoms with E-state index in [2.05, 4.69) is 24.3 Å². The van der Waals surface area contributed by atoms with Crippen molar-refractivity contribution in [3.05, 3.63) is 59.9 Å². The summed E-state index contributed by atoms with van der Waals surface area (Å²) in [7, 11) is 0. The van der Waals surface area contributed by atoms with Crippen molar-refractivity contribution < 1.29 is 14.3 Å². The van der Waals surface area contributed by atoms with Gasteiger partial charge in [0.15, 0.2) is 6.61 Å². The lowest BCUT2D eigenvalue weighted by atomic mass is 9.78. The Morgan fingerprint density at radius 1 is 1.24 bits per heavy atom. The van der Waals surface area contributed by atoms with Crippen LogP contribution in [0, 0.1) is 11.8 Å². The van der Waals surface area contributed by atoms with Gasteiger partial charge < -0.3 is 10.1 Å². The van der Waals surface area contributed by atoms with Crippen LogP contribution in [-0.2, 0) is 20.9 Å². The van der Waals surface area contributed by atoms with E-state index in [1.165, 1.54) is 12.5 Å². The van der Waals surface area contributed by atoms with Crippen molar-refractivity contribution in [2.45, 2.75) is 45.7 Å². The standard InChI is InChI=1S/C23H29N3O3/c1-17-7-6-10-21(18(17)2)25-22(27)16-29-23(28)12-11-20-13-24-26(15-20)14-19-8-4-3-5-9-19/h3-5,8-9,11-13,15,17-18,21H,6-7,10,14,16H2,1-2H3,(H,25,27)/b12-11+/t17-,18-,21-/m1/s1. The van der Waals surface area contributed by atoms with Crippen LogP contribution in [0.3, 0.4) is 0 Å². The quantitative estimate of drug-likeness (QED) is 0.576. The average molecular weight is 396 g/mol. The van der Waals surface area contributed by atoms with E-state index in [-0.39, 0.29) is 18.6 Å². The fraction of sp³-hybridized carbons (Fsp3) is 0.435. The van der Waals surface area contributed by atoms with Gasteiger partial charge >= 0.3 is 5.97 Å². The minimum absolute atomic E-state index is 0.163. The van der Waals surface area contributed by atoms with Crippen LogP contribution in [0.25, 0.3) is 6.08 Å². The maximum Gasteiger partial charge on any atom is 0.331 e. The molecule has 0 aliphatic heterocycles. The number of esters is 1. The van der Waals surface area contributed by atoms with E-state index in [4.69, 9.17) is 4.74 Å². The average Bonchev–Trinajstić information content (AvgIpc) is 3.16. The monoisotopic (exact) mass is 395 g/mol. The van der Waals surface area contributed by atoms with Gasteiger partial charge in [-0.05, 0) is 29.9 Å². The third-order valence-corrected chi connectivity index (χ3v) is 5.65. The summed E-state index contributed by atoms with van der Waals surface area (Å²) in [6, 6.07) is 10.2. The van der Waals surface area contributed by atoms with Gasteiger partial charge in [0.05, 0.1) is 12.7 Å². The number of hydrogen-bond acceptors (Lipinski definition) is 4. The van der Waals surface area contributed by atoms with Crippen LogP contribution in [-0.4, -0.2) is 34.3 Å². The Kier molecular flexibility index (Phi) is 7.22. The molecule has 1 aromatic carbocycles. The summed E-state index contributed by atoms with van der Waals surface area (Å²) in [5.41, 5.74) is 1.95. The Balaban J connectivity index is 1.42. The van der Waals surface area contributed by atoms with Crippen LogP contribution in [0.5, 0.6) is 0 Å². The number of amides is 1. The molecule has 1 aliphatic carbocycles. The number of nitrogens with one attached hydrogen (secondary N) is 1. The van der Waals surface area contributed by atoms with Crippen LogP contribution in [0.2, 0.25) is 0 Å². The second-order valence-corrected chi connectivity index (χ2v) is 7.84. The first-order valence-corrected chi connectivity index (χ1v) is 10.2. The van der Waals surface area contributed by atoms with E-state index in [1.54, 1.807) is 17.0 Å². The number of carbonyl (C=O) groups excluding carboxylic acids is 2. The van der Waals surface area contributed by atoms with E-state index < -0.39 is 5.97 Å². The summed E-state index contributed by atoms with van der Waals surface area (Å²) < 4.78 is 6.87. The minimum atomic E-state index is -0.541. The molecule has 1 aromatic heterocycles. The highest BCUT2D eigenvalue weighted by Gasteiger charge is 2.28. The van der Waals surface area contributed by atoms with Gasteiger partial charge in [-0.25, -0.2) is 4.79 Å². The van der Waals surface area contributed by atoms with Gasteiger partial charge in [-0.3, -0.25) is 9.48 Å². The molecule has 3 atom stereocenters. The smallest absolute Gasteiger partial charge is 0.331 e. The van der Waals surface area contributed by atoms with Crippen LogP contribution in [0.1, 0.15) is 44.2 Å². The first-order valence-electron chi connectivity index (χ1n) is 10.2. The second-order valence-electron chi connectivity index (χ2n) is 7.84. The van der Waals surface area contributed by atoms with E-state index >= 15 is 0 Å². The van der Waals surface area contributed by atoms with Crippen molar-refractivity contribution in [1.82, 2.24) is 15.1 Å². The number of hydrogen-bond donors (Lipinski definition) is 1. The molecule has 6 nitrogen and oxygen atoms in total. The molecule has 1 amide bonds. The number of carbonyl (C=O) groups is 2. The Morgan fingerprint density at radius 2 is 2.03 bits per heavy atom. The van der Waals surface area contributed by atoms with Gasteiger partial charge in [0, 0.05) is 23.9 Å². The van der Waals surface area contributed by atoms with Gasteiger partial charge in [0.1, 0.15) is 0 Å². The summed E-state index contributed by atoms with van der Waals surface area (Å²) in [5, 5.41) is 7.29. The summed E-state index contributed by atoms with van der Waals surface area (Å²) in [4.78, 5) is 24.0. The molecule has 0 bridgehead atoms. The number of ether oxygens (including phenoxy) is 1. The molecule has 1 saturated carbocycles. The molecule has 154 valence electrons. The van der Waals surface area contributed by atoms with Gasteiger partial charge in [-0.1, -0.05) is 57.0 Å². The summed E-state index contributed by atoms with van der Waals surface area (Å²) in [6.45, 7) is 4.79. The van der Waals surface area contributed by atoms with E-state index in [9.17, 15) is 9.59 Å². The van der Waals surface area contributed by atoms with E-state index in [0.717, 1.165) is 24.0 Å². The molecular weight excluding hydrogens is 366 g/mol. The predicted octanol–water partition coefficient (Wildman–Crippen LogP) is 3.43. The lowest BCUT2D eigenvalue weighted by molar-refractivity contribution is -0.144. The molecule has 2 aromatic rings. The summed E-state index contributed by atoms with van der Waals surface area (Å²) in [6.07, 6.45) is 9.81. The maximum atomic E-state index is 12.1. The van der Waals surface area contributed by atoms with Gasteiger partial charge in [0.25, 0.3) is 5.91 Å². The van der Waals surface area contributed by atoms with Gasteiger partial charge in [-0.2, -0.15) is 5.10 Å². The predicted molar refractivity (Wildman–Crippen MR) is 112 cm³/mol. The zero-order valence-electron chi connectivity index (χ0n) is 17.1. The molecule has 6 heteroatoms. The van der Waals surface area contributed by atoms with Gasteiger partial charge in [-0.15, -0.1) is 0 Å². The van der Waals surface area contributed by atoms with Crippen molar-refractivity contribution in [2.24, 2.45) is 11.8 Å². The third kappa shape index (κ3) is 6.31. The molecular formula is C23H29N3O3. The zero-order chi connectivity index (χ0) is 20.6. The first-order chi connectivity index (χ1) is 14.0. The second kappa shape index (κ2) is 10.0. The fourth-order valence-electron chi connectivity index (χ4n) is 3.71. The maximum absolute atomic E-state index is 12.1. The molecule has 0 spiro atoms. The highest BCUT2D eigenvalue weighted by Crippen LogP contribution is 2.29. The Morgan fingerprint density at radius 3 is 2.83 bits per heavy atom. The normalized spacial score (nSPS) is 21.8. The fourth-order valence-corrected chi connectivity index (χ4v) is 3.71. The molecule has 0 saturated heterocycles. The van der Waals surface area contributed by atoms with Gasteiger partial charge in [0.2, 0.25) is 0 Å². The molecule has 0 radical (unpaired) electrons. The van der Waals surface area contributed by atoms with Crippen LogP contribution in [0.4, 0.5) is 0 Å². The molecule has 29 heavy (non-hydrogen) atoms. The topological polar surface area (TPSA) is 73.2 Å². The minimum Gasteiger partial charge on any atom is -0.452 e. The molecule has 1 N–H and O–H groups in total. The van der Waals surface area contributed by atoms with Crippen LogP contribution >= 0.6 is 0 Å². The first kappa shape index (κ1) is 20.8. The number of nitrogens with zero attached hydrogens (tertiary/aromatic N) is 2. The molecule has 1 fully saturated rings. The lowest BCUT2D eigenvalue weighted by Gasteiger charge is -2.34. The summed E-state index contributed by atoms with van der Waals surface area (Å²) >= 11 is 0. The van der Waals surface area contributed by atoms with Crippen LogP contribution < -0.4 is 5.32 Å². The summed E-state index contributed by atoms with van der Waals surface area (Å²) in [5.74, 6) is 0.257. The van der Waals surface area contributed by atoms with Crippen LogP contribution in [0.15, 0.2) is 48.8 Å². The Labute approximate surface area is 171 Å². The largest absolute Gasteiger partial charge is 0.452 e. The number of rotatable bonds is 7. The highest BCUT2D eigenvalue weighted by atomic mass is 16.5. The number of benzene rings is 1. The van der Waals surface area contributed by atoms with Crippen molar-refractivity contribution in [3.63, 3.8) is 0 Å². The zero-order valence-corrected chi connectivity index (χ0v) is 17.1. The number of aromatic nitrogens is 2.